The van der Waals surface area contributed by atoms with Gasteiger partial charge in [-0.1, -0.05) is 0 Å². The number of ether oxygens (including phenoxy) is 1. The van der Waals surface area contributed by atoms with Gasteiger partial charge in [0.15, 0.2) is 5.96 Å². The molecule has 1 amide bonds. The van der Waals surface area contributed by atoms with Crippen molar-refractivity contribution >= 4 is 36.0 Å². The Morgan fingerprint density at radius 1 is 1.26 bits per heavy atom. The number of nitrogens with zero attached hydrogens (tertiary/aromatic N) is 4. The average Bonchev–Trinajstić information content (AvgIpc) is 3.19. The van der Waals surface area contributed by atoms with E-state index in [2.05, 4.69) is 25.2 Å². The molecule has 0 saturated carbocycles. The SMILES string of the molecule is CN=C(NCCCCn1ccnc1C)NC1CC2CCC(C1)N2C(=O)OC(C)(C)C.I. The fourth-order valence-corrected chi connectivity index (χ4v) is 4.55. The number of hydrogen-bond acceptors (Lipinski definition) is 4. The van der Waals surface area contributed by atoms with Gasteiger partial charge in [-0.05, 0) is 66.2 Å². The molecule has 0 spiro atoms. The first kappa shape index (κ1) is 25.7. The molecule has 0 aliphatic carbocycles. The smallest absolute Gasteiger partial charge is 0.410 e. The minimum Gasteiger partial charge on any atom is -0.444 e. The van der Waals surface area contributed by atoms with Gasteiger partial charge in [-0.3, -0.25) is 4.99 Å². The Hall–Kier alpha value is -1.52. The number of piperidine rings is 1. The van der Waals surface area contributed by atoms with Crippen molar-refractivity contribution in [2.24, 2.45) is 4.99 Å². The van der Waals surface area contributed by atoms with Crippen LogP contribution in [0.4, 0.5) is 4.79 Å². The van der Waals surface area contributed by atoms with Crippen LogP contribution in [0.15, 0.2) is 17.4 Å². The Morgan fingerprint density at radius 3 is 2.48 bits per heavy atom. The Labute approximate surface area is 203 Å². The molecule has 3 rings (SSSR count). The van der Waals surface area contributed by atoms with Crippen molar-refractivity contribution in [3.05, 3.63) is 18.2 Å². The third-order valence-electron chi connectivity index (χ3n) is 5.94. The number of imidazole rings is 1. The predicted octanol–water partition coefficient (Wildman–Crippen LogP) is 3.69. The summed E-state index contributed by atoms with van der Waals surface area (Å²) in [4.78, 5) is 23.2. The van der Waals surface area contributed by atoms with Crippen LogP contribution in [0.5, 0.6) is 0 Å². The van der Waals surface area contributed by atoms with E-state index in [1.807, 2.05) is 52.0 Å². The van der Waals surface area contributed by atoms with Crippen molar-refractivity contribution in [1.29, 1.82) is 0 Å². The van der Waals surface area contributed by atoms with Gasteiger partial charge in [-0.15, -0.1) is 24.0 Å². The molecule has 1 aromatic heterocycles. The van der Waals surface area contributed by atoms with E-state index in [9.17, 15) is 4.79 Å². The zero-order valence-corrected chi connectivity index (χ0v) is 21.9. The molecule has 1 aromatic rings. The number of fused-ring (bicyclic) bond motifs is 2. The zero-order valence-electron chi connectivity index (χ0n) is 19.6. The summed E-state index contributed by atoms with van der Waals surface area (Å²) in [6, 6.07) is 0.848. The van der Waals surface area contributed by atoms with Gasteiger partial charge in [0.05, 0.1) is 0 Å². The second-order valence-electron chi connectivity index (χ2n) is 9.46. The molecule has 2 N–H and O–H groups in total. The minimum atomic E-state index is -0.450. The summed E-state index contributed by atoms with van der Waals surface area (Å²) in [5.41, 5.74) is -0.450. The lowest BCUT2D eigenvalue weighted by Crippen LogP contribution is -2.55. The van der Waals surface area contributed by atoms with Crippen molar-refractivity contribution in [3.8, 4) is 0 Å². The lowest BCUT2D eigenvalue weighted by Gasteiger charge is -2.40. The minimum absolute atomic E-state index is 0. The molecule has 2 aliphatic rings. The first-order valence-corrected chi connectivity index (χ1v) is 11.2. The number of carbonyl (C=O) groups excluding carboxylic acids is 1. The number of halogens is 1. The van der Waals surface area contributed by atoms with Crippen LogP contribution in [-0.4, -0.2) is 63.8 Å². The highest BCUT2D eigenvalue weighted by atomic mass is 127. The second kappa shape index (κ2) is 11.4. The number of nitrogens with one attached hydrogen (secondary N) is 2. The van der Waals surface area contributed by atoms with Gasteiger partial charge < -0.3 is 24.8 Å². The first-order chi connectivity index (χ1) is 14.3. The van der Waals surface area contributed by atoms with Gasteiger partial charge in [0, 0.05) is 50.7 Å². The number of carbonyl (C=O) groups is 1. The van der Waals surface area contributed by atoms with Crippen LogP contribution in [0.1, 0.15) is 65.1 Å². The van der Waals surface area contributed by atoms with E-state index < -0.39 is 5.60 Å². The maximum atomic E-state index is 12.6. The largest absolute Gasteiger partial charge is 0.444 e. The molecule has 2 atom stereocenters. The third kappa shape index (κ3) is 7.25. The van der Waals surface area contributed by atoms with Crippen molar-refractivity contribution in [2.45, 2.75) is 96.5 Å². The fraction of sp³-hybridized carbons (Fsp3) is 0.773. The monoisotopic (exact) mass is 546 g/mol. The molecular weight excluding hydrogens is 507 g/mol. The van der Waals surface area contributed by atoms with Gasteiger partial charge in [0.25, 0.3) is 0 Å². The topological polar surface area (TPSA) is 83.8 Å². The molecule has 8 nitrogen and oxygen atoms in total. The molecule has 2 unspecified atom stereocenters. The Morgan fingerprint density at radius 2 is 1.94 bits per heavy atom. The van der Waals surface area contributed by atoms with Crippen molar-refractivity contribution in [2.75, 3.05) is 13.6 Å². The van der Waals surface area contributed by atoms with Crippen LogP contribution >= 0.6 is 24.0 Å². The van der Waals surface area contributed by atoms with E-state index in [4.69, 9.17) is 4.74 Å². The maximum Gasteiger partial charge on any atom is 0.410 e. The number of rotatable bonds is 6. The van der Waals surface area contributed by atoms with E-state index in [0.29, 0.717) is 6.04 Å². The summed E-state index contributed by atoms with van der Waals surface area (Å²) in [6.07, 6.45) is 9.88. The average molecular weight is 546 g/mol. The van der Waals surface area contributed by atoms with Crippen LogP contribution in [0, 0.1) is 6.92 Å². The van der Waals surface area contributed by atoms with E-state index in [-0.39, 0.29) is 42.2 Å². The first-order valence-electron chi connectivity index (χ1n) is 11.2. The molecule has 2 bridgehead atoms. The Kier molecular flexibility index (Phi) is 9.45. The molecule has 2 aliphatic heterocycles. The Balaban J connectivity index is 0.00000341. The number of guanidine groups is 1. The quantitative estimate of drug-likeness (QED) is 0.246. The fourth-order valence-electron chi connectivity index (χ4n) is 4.55. The van der Waals surface area contributed by atoms with Crippen LogP contribution in [0.2, 0.25) is 0 Å². The van der Waals surface area contributed by atoms with E-state index in [1.54, 1.807) is 0 Å². The molecule has 176 valence electrons. The number of aryl methyl sites for hydroxylation is 2. The number of amides is 1. The molecule has 9 heteroatoms. The molecular formula is C22H39IN6O2. The van der Waals surface area contributed by atoms with Crippen LogP contribution in [0.25, 0.3) is 0 Å². The summed E-state index contributed by atoms with van der Waals surface area (Å²) < 4.78 is 7.81. The standard InChI is InChI=1S/C22H38N6O2.HI/c1-16-24-11-13-27(16)12-7-6-10-25-20(23-5)26-17-14-18-8-9-19(15-17)28(18)21(29)30-22(2,3)4;/h11,13,17-19H,6-10,12,14-15H2,1-5H3,(H2,23,25,26);1H. The number of unbranched alkanes of at least 4 members (excludes halogenated alkanes) is 1. The van der Waals surface area contributed by atoms with Gasteiger partial charge in [0.1, 0.15) is 11.4 Å². The molecule has 0 radical (unpaired) electrons. The highest BCUT2D eigenvalue weighted by Gasteiger charge is 2.45. The number of aliphatic imine (C=N–C) groups is 1. The highest BCUT2D eigenvalue weighted by Crippen LogP contribution is 2.36. The van der Waals surface area contributed by atoms with Crippen LogP contribution < -0.4 is 10.6 Å². The normalized spacial score (nSPS) is 23.3. The van der Waals surface area contributed by atoms with E-state index >= 15 is 0 Å². The summed E-state index contributed by atoms with van der Waals surface area (Å²) >= 11 is 0. The van der Waals surface area contributed by atoms with E-state index in [1.165, 1.54) is 0 Å². The summed E-state index contributed by atoms with van der Waals surface area (Å²) in [5.74, 6) is 1.91. The van der Waals surface area contributed by atoms with E-state index in [0.717, 1.165) is 63.4 Å². The molecule has 2 saturated heterocycles. The highest BCUT2D eigenvalue weighted by molar-refractivity contribution is 14.0. The van der Waals surface area contributed by atoms with Gasteiger partial charge in [0.2, 0.25) is 0 Å². The maximum absolute atomic E-state index is 12.6. The molecule has 2 fully saturated rings. The van der Waals surface area contributed by atoms with Crippen LogP contribution in [-0.2, 0) is 11.3 Å². The lowest BCUT2D eigenvalue weighted by molar-refractivity contribution is 0.00545. The number of hydrogen-bond donors (Lipinski definition) is 2. The number of aromatic nitrogens is 2. The summed E-state index contributed by atoms with van der Waals surface area (Å²) in [6.45, 7) is 9.68. The zero-order chi connectivity index (χ0) is 21.7. The summed E-state index contributed by atoms with van der Waals surface area (Å²) in [5, 5.41) is 7.01. The van der Waals surface area contributed by atoms with Gasteiger partial charge in [-0.25, -0.2) is 9.78 Å². The van der Waals surface area contributed by atoms with Crippen molar-refractivity contribution in [3.63, 3.8) is 0 Å². The lowest BCUT2D eigenvalue weighted by atomic mass is 9.98. The van der Waals surface area contributed by atoms with Gasteiger partial charge in [-0.2, -0.15) is 0 Å². The Bertz CT molecular complexity index is 731. The second-order valence-corrected chi connectivity index (χ2v) is 9.46. The third-order valence-corrected chi connectivity index (χ3v) is 5.94. The van der Waals surface area contributed by atoms with Crippen molar-refractivity contribution in [1.82, 2.24) is 25.1 Å². The van der Waals surface area contributed by atoms with Gasteiger partial charge >= 0.3 is 6.09 Å². The molecule has 31 heavy (non-hydrogen) atoms. The van der Waals surface area contributed by atoms with Crippen LogP contribution in [0.3, 0.4) is 0 Å². The summed E-state index contributed by atoms with van der Waals surface area (Å²) in [7, 11) is 1.81. The molecule has 0 aromatic carbocycles. The predicted molar refractivity (Wildman–Crippen MR) is 134 cm³/mol. The van der Waals surface area contributed by atoms with Crippen molar-refractivity contribution < 1.29 is 9.53 Å². The molecule has 3 heterocycles.